The smallest absolute Gasteiger partial charge is 0.0929 e. The van der Waals surface area contributed by atoms with Crippen molar-refractivity contribution in [3.63, 3.8) is 0 Å². The minimum Gasteiger partial charge on any atom is -0.310 e. The van der Waals surface area contributed by atoms with Crippen LogP contribution in [0.1, 0.15) is 25.1 Å². The highest BCUT2D eigenvalue weighted by Gasteiger charge is 2.01. The maximum absolute atomic E-state index is 4.08. The first-order chi connectivity index (χ1) is 9.13. The molecule has 0 unspecified atom stereocenters. The van der Waals surface area contributed by atoms with Gasteiger partial charge in [-0.2, -0.15) is 0 Å². The summed E-state index contributed by atoms with van der Waals surface area (Å²) in [4.78, 5) is 1.26. The summed E-state index contributed by atoms with van der Waals surface area (Å²) in [6.45, 7) is 5.24. The minimum atomic E-state index is 0.519. The third kappa shape index (κ3) is 4.69. The standard InChI is InChI=1S/C14H20N4S/c1-11(2)15-8-12-4-6-14(7-5-12)19-10-13-9-18(3)17-16-13/h4-7,9,11,15H,8,10H2,1-3H3. The molecule has 0 radical (unpaired) electrons. The maximum Gasteiger partial charge on any atom is 0.0929 e. The molecule has 1 heterocycles. The molecule has 0 bridgehead atoms. The van der Waals surface area contributed by atoms with Crippen molar-refractivity contribution >= 4 is 11.8 Å². The molecule has 5 heteroatoms. The molecule has 4 nitrogen and oxygen atoms in total. The minimum absolute atomic E-state index is 0.519. The number of nitrogens with zero attached hydrogens (tertiary/aromatic N) is 3. The van der Waals surface area contributed by atoms with E-state index in [1.165, 1.54) is 10.5 Å². The molecule has 2 rings (SSSR count). The first kappa shape index (κ1) is 14.1. The average Bonchev–Trinajstić information content (AvgIpc) is 2.81. The molecule has 0 aliphatic heterocycles. The zero-order valence-electron chi connectivity index (χ0n) is 11.6. The summed E-state index contributed by atoms with van der Waals surface area (Å²) in [6.07, 6.45) is 1.95. The molecule has 0 atom stereocenters. The lowest BCUT2D eigenvalue weighted by atomic mass is 10.2. The van der Waals surface area contributed by atoms with E-state index in [1.807, 2.05) is 13.2 Å². The van der Waals surface area contributed by atoms with E-state index in [0.29, 0.717) is 6.04 Å². The van der Waals surface area contributed by atoms with Gasteiger partial charge in [0.2, 0.25) is 0 Å². The van der Waals surface area contributed by atoms with Gasteiger partial charge >= 0.3 is 0 Å². The van der Waals surface area contributed by atoms with Crippen LogP contribution in [0.5, 0.6) is 0 Å². The molecule has 0 fully saturated rings. The summed E-state index contributed by atoms with van der Waals surface area (Å²) in [5, 5.41) is 11.4. The van der Waals surface area contributed by atoms with E-state index >= 15 is 0 Å². The summed E-state index contributed by atoms with van der Waals surface area (Å²) >= 11 is 1.78. The lowest BCUT2D eigenvalue weighted by Gasteiger charge is -2.08. The fourth-order valence-electron chi connectivity index (χ4n) is 1.64. The predicted octanol–water partition coefficient (Wildman–Crippen LogP) is 2.61. The highest BCUT2D eigenvalue weighted by Crippen LogP contribution is 2.22. The molecule has 1 aromatic carbocycles. The van der Waals surface area contributed by atoms with Crippen molar-refractivity contribution in [2.24, 2.45) is 7.05 Å². The number of aromatic nitrogens is 3. The Hall–Kier alpha value is -1.33. The lowest BCUT2D eigenvalue weighted by Crippen LogP contribution is -2.21. The van der Waals surface area contributed by atoms with Gasteiger partial charge in [-0.15, -0.1) is 16.9 Å². The van der Waals surface area contributed by atoms with E-state index in [4.69, 9.17) is 0 Å². The van der Waals surface area contributed by atoms with Crippen molar-refractivity contribution in [3.05, 3.63) is 41.7 Å². The number of hydrogen-bond acceptors (Lipinski definition) is 4. The Balaban J connectivity index is 1.84. The molecule has 102 valence electrons. The number of rotatable bonds is 6. The van der Waals surface area contributed by atoms with Gasteiger partial charge in [0.05, 0.1) is 5.69 Å². The Morgan fingerprint density at radius 3 is 2.58 bits per heavy atom. The zero-order chi connectivity index (χ0) is 13.7. The Morgan fingerprint density at radius 1 is 1.26 bits per heavy atom. The van der Waals surface area contributed by atoms with Crippen LogP contribution in [-0.2, 0) is 19.3 Å². The van der Waals surface area contributed by atoms with Crippen LogP contribution in [0.2, 0.25) is 0 Å². The molecule has 2 aromatic rings. The van der Waals surface area contributed by atoms with Gasteiger partial charge in [-0.05, 0) is 17.7 Å². The molecule has 1 N–H and O–H groups in total. The van der Waals surface area contributed by atoms with Crippen LogP contribution in [0.25, 0.3) is 0 Å². The Morgan fingerprint density at radius 2 is 2.00 bits per heavy atom. The molecule has 0 saturated heterocycles. The Bertz CT molecular complexity index is 504. The van der Waals surface area contributed by atoms with Crippen LogP contribution >= 0.6 is 11.8 Å². The van der Waals surface area contributed by atoms with E-state index in [-0.39, 0.29) is 0 Å². The fourth-order valence-corrected chi connectivity index (χ4v) is 2.42. The second-order valence-electron chi connectivity index (χ2n) is 4.85. The van der Waals surface area contributed by atoms with Crippen molar-refractivity contribution in [1.29, 1.82) is 0 Å². The van der Waals surface area contributed by atoms with Gasteiger partial charge in [0.25, 0.3) is 0 Å². The van der Waals surface area contributed by atoms with Crippen molar-refractivity contribution in [1.82, 2.24) is 20.3 Å². The molecular weight excluding hydrogens is 256 g/mol. The molecular formula is C14H20N4S. The van der Waals surface area contributed by atoms with Gasteiger partial charge in [0.15, 0.2) is 0 Å². The summed E-state index contributed by atoms with van der Waals surface area (Å²) < 4.78 is 1.73. The van der Waals surface area contributed by atoms with Gasteiger partial charge in [0, 0.05) is 36.5 Å². The van der Waals surface area contributed by atoms with Crippen molar-refractivity contribution in [3.8, 4) is 0 Å². The number of aryl methyl sites for hydroxylation is 1. The second kappa shape index (κ2) is 6.73. The highest BCUT2D eigenvalue weighted by molar-refractivity contribution is 7.98. The normalized spacial score (nSPS) is 11.2. The first-order valence-electron chi connectivity index (χ1n) is 6.44. The van der Waals surface area contributed by atoms with Crippen LogP contribution in [0, 0.1) is 0 Å². The van der Waals surface area contributed by atoms with E-state index < -0.39 is 0 Å². The molecule has 0 saturated carbocycles. The molecule has 1 aromatic heterocycles. The van der Waals surface area contributed by atoms with Gasteiger partial charge in [-0.3, -0.25) is 4.68 Å². The Labute approximate surface area is 118 Å². The molecule has 0 aliphatic rings. The fraction of sp³-hybridized carbons (Fsp3) is 0.429. The molecule has 19 heavy (non-hydrogen) atoms. The molecule has 0 amide bonds. The summed E-state index contributed by atoms with van der Waals surface area (Å²) in [5.74, 6) is 0.859. The Kier molecular flexibility index (Phi) is 4.99. The predicted molar refractivity (Wildman–Crippen MR) is 79.0 cm³/mol. The zero-order valence-corrected chi connectivity index (χ0v) is 12.4. The number of thioether (sulfide) groups is 1. The number of benzene rings is 1. The lowest BCUT2D eigenvalue weighted by molar-refractivity contribution is 0.588. The SMILES string of the molecule is CC(C)NCc1ccc(SCc2cn(C)nn2)cc1. The van der Waals surface area contributed by atoms with E-state index in [2.05, 4.69) is 53.7 Å². The van der Waals surface area contributed by atoms with E-state index in [0.717, 1.165) is 18.0 Å². The monoisotopic (exact) mass is 276 g/mol. The number of nitrogens with one attached hydrogen (secondary N) is 1. The highest BCUT2D eigenvalue weighted by atomic mass is 32.2. The summed E-state index contributed by atoms with van der Waals surface area (Å²) in [5.41, 5.74) is 2.33. The van der Waals surface area contributed by atoms with Crippen LogP contribution in [0.3, 0.4) is 0 Å². The van der Waals surface area contributed by atoms with Crippen LogP contribution in [0.15, 0.2) is 35.4 Å². The first-order valence-corrected chi connectivity index (χ1v) is 7.42. The summed E-state index contributed by atoms with van der Waals surface area (Å²) in [6, 6.07) is 9.20. The van der Waals surface area contributed by atoms with Crippen LogP contribution in [0.4, 0.5) is 0 Å². The molecule has 0 aliphatic carbocycles. The second-order valence-corrected chi connectivity index (χ2v) is 5.90. The van der Waals surface area contributed by atoms with Gasteiger partial charge in [0.1, 0.15) is 0 Å². The van der Waals surface area contributed by atoms with Crippen LogP contribution in [-0.4, -0.2) is 21.0 Å². The third-order valence-corrected chi connectivity index (χ3v) is 3.72. The van der Waals surface area contributed by atoms with Crippen molar-refractivity contribution in [2.75, 3.05) is 0 Å². The third-order valence-electron chi connectivity index (χ3n) is 2.67. The average molecular weight is 276 g/mol. The number of hydrogen-bond donors (Lipinski definition) is 1. The summed E-state index contributed by atoms with van der Waals surface area (Å²) in [7, 11) is 1.89. The van der Waals surface area contributed by atoms with Crippen molar-refractivity contribution in [2.45, 2.75) is 37.1 Å². The van der Waals surface area contributed by atoms with Gasteiger partial charge in [-0.25, -0.2) is 0 Å². The van der Waals surface area contributed by atoms with Crippen LogP contribution < -0.4 is 5.32 Å². The van der Waals surface area contributed by atoms with Crippen molar-refractivity contribution < 1.29 is 0 Å². The molecule has 0 spiro atoms. The maximum atomic E-state index is 4.08. The largest absolute Gasteiger partial charge is 0.310 e. The topological polar surface area (TPSA) is 42.7 Å². The van der Waals surface area contributed by atoms with Gasteiger partial charge < -0.3 is 5.32 Å². The quantitative estimate of drug-likeness (QED) is 0.824. The van der Waals surface area contributed by atoms with Gasteiger partial charge in [-0.1, -0.05) is 31.2 Å². The van der Waals surface area contributed by atoms with E-state index in [1.54, 1.807) is 16.4 Å². The van der Waals surface area contributed by atoms with E-state index in [9.17, 15) is 0 Å².